The number of piperazine rings is 1. The van der Waals surface area contributed by atoms with Crippen molar-refractivity contribution < 1.29 is 13.2 Å². The average Bonchev–Trinajstić information content (AvgIpc) is 2.78. The van der Waals surface area contributed by atoms with Gasteiger partial charge in [0.05, 0.1) is 15.5 Å². The standard InChI is InChI=1S/C25H36ClN3O3S/c1-3-28-6-8-29(9-7-28)33(31,32)21-4-5-23(26)22(13-21)24(30)27-17(2)25-14-18-10-19(15-25)12-20(11-18)16-25/h4-5,13,17-20H,3,6-12,14-16H2,1-2H3,(H,27,30)/t17-,18?,19?,20?,25?/m1/s1. The van der Waals surface area contributed by atoms with Crippen LogP contribution in [0.25, 0.3) is 0 Å². The van der Waals surface area contributed by atoms with E-state index in [1.807, 2.05) is 0 Å². The van der Waals surface area contributed by atoms with E-state index in [1.165, 1.54) is 55.0 Å². The fraction of sp³-hybridized carbons (Fsp3) is 0.720. The summed E-state index contributed by atoms with van der Waals surface area (Å²) in [4.78, 5) is 15.7. The molecule has 0 unspecified atom stereocenters. The molecule has 1 amide bonds. The molecule has 1 aromatic rings. The smallest absolute Gasteiger partial charge is 0.253 e. The minimum Gasteiger partial charge on any atom is -0.349 e. The molecule has 4 aliphatic carbocycles. The van der Waals surface area contributed by atoms with Gasteiger partial charge in [-0.25, -0.2) is 8.42 Å². The van der Waals surface area contributed by atoms with Crippen LogP contribution >= 0.6 is 11.6 Å². The van der Waals surface area contributed by atoms with E-state index in [0.717, 1.165) is 37.4 Å². The average molecular weight is 494 g/mol. The normalized spacial score (nSPS) is 33.2. The molecule has 0 spiro atoms. The fourth-order valence-corrected chi connectivity index (χ4v) is 9.06. The first-order chi connectivity index (χ1) is 15.7. The molecule has 8 heteroatoms. The number of amides is 1. The zero-order valence-electron chi connectivity index (χ0n) is 19.7. The first kappa shape index (κ1) is 23.6. The molecule has 4 saturated carbocycles. The SMILES string of the molecule is CCN1CCN(S(=O)(=O)c2ccc(Cl)c(C(=O)N[C@H](C)C34CC5CC(CC(C5)C3)C4)c2)CC1. The first-order valence-electron chi connectivity index (χ1n) is 12.5. The highest BCUT2D eigenvalue weighted by atomic mass is 35.5. The van der Waals surface area contributed by atoms with Crippen LogP contribution in [0.1, 0.15) is 62.7 Å². The molecule has 6 nitrogen and oxygen atoms in total. The van der Waals surface area contributed by atoms with Crippen LogP contribution < -0.4 is 5.32 Å². The molecule has 33 heavy (non-hydrogen) atoms. The number of nitrogens with zero attached hydrogens (tertiary/aromatic N) is 2. The highest BCUT2D eigenvalue weighted by Crippen LogP contribution is 2.61. The molecule has 6 rings (SSSR count). The summed E-state index contributed by atoms with van der Waals surface area (Å²) < 4.78 is 28.0. The minimum absolute atomic E-state index is 0.0526. The van der Waals surface area contributed by atoms with Gasteiger partial charge in [0.2, 0.25) is 10.0 Å². The van der Waals surface area contributed by atoms with E-state index in [1.54, 1.807) is 6.07 Å². The molecule has 5 fully saturated rings. The van der Waals surface area contributed by atoms with Gasteiger partial charge in [-0.3, -0.25) is 4.79 Å². The van der Waals surface area contributed by atoms with Crippen molar-refractivity contribution >= 4 is 27.5 Å². The number of likely N-dealkylation sites (N-methyl/N-ethyl adjacent to an activating group) is 1. The Morgan fingerprint density at radius 1 is 1.09 bits per heavy atom. The summed E-state index contributed by atoms with van der Waals surface area (Å²) >= 11 is 6.39. The number of carbonyl (C=O) groups is 1. The summed E-state index contributed by atoms with van der Waals surface area (Å²) in [6.45, 7) is 7.50. The van der Waals surface area contributed by atoms with Crippen LogP contribution in [-0.2, 0) is 10.0 Å². The molecule has 0 aromatic heterocycles. The first-order valence-corrected chi connectivity index (χ1v) is 14.3. The zero-order valence-corrected chi connectivity index (χ0v) is 21.3. The Bertz CT molecular complexity index is 984. The lowest BCUT2D eigenvalue weighted by molar-refractivity contribution is -0.0688. The second-order valence-corrected chi connectivity index (χ2v) is 13.3. The van der Waals surface area contributed by atoms with E-state index < -0.39 is 10.0 Å². The number of hydrogen-bond donors (Lipinski definition) is 1. The van der Waals surface area contributed by atoms with Crippen LogP contribution in [0.15, 0.2) is 23.1 Å². The predicted octanol–water partition coefficient (Wildman–Crippen LogP) is 4.00. The monoisotopic (exact) mass is 493 g/mol. The zero-order chi connectivity index (χ0) is 23.4. The van der Waals surface area contributed by atoms with Crippen molar-refractivity contribution in [3.63, 3.8) is 0 Å². The van der Waals surface area contributed by atoms with Crippen molar-refractivity contribution in [2.75, 3.05) is 32.7 Å². The maximum absolute atomic E-state index is 13.3. The summed E-state index contributed by atoms with van der Waals surface area (Å²) in [6, 6.07) is 4.58. The Kier molecular flexibility index (Phi) is 6.30. The van der Waals surface area contributed by atoms with Gasteiger partial charge in [-0.15, -0.1) is 0 Å². The number of carbonyl (C=O) groups excluding carboxylic acids is 1. The highest BCUT2D eigenvalue weighted by molar-refractivity contribution is 7.89. The third kappa shape index (κ3) is 4.35. The molecule has 1 N–H and O–H groups in total. The molecule has 1 atom stereocenters. The van der Waals surface area contributed by atoms with Gasteiger partial charge in [0.1, 0.15) is 0 Å². The quantitative estimate of drug-likeness (QED) is 0.650. The Morgan fingerprint density at radius 3 is 2.21 bits per heavy atom. The van der Waals surface area contributed by atoms with Gasteiger partial charge >= 0.3 is 0 Å². The summed E-state index contributed by atoms with van der Waals surface area (Å²) in [6.07, 6.45) is 7.68. The van der Waals surface area contributed by atoms with Crippen molar-refractivity contribution in [2.24, 2.45) is 23.2 Å². The maximum Gasteiger partial charge on any atom is 0.253 e. The number of rotatable bonds is 6. The van der Waals surface area contributed by atoms with Crippen LogP contribution in [0.5, 0.6) is 0 Å². The maximum atomic E-state index is 13.3. The molecule has 1 heterocycles. The molecule has 1 aromatic carbocycles. The molecule has 4 bridgehead atoms. The van der Waals surface area contributed by atoms with E-state index in [0.29, 0.717) is 18.1 Å². The summed E-state index contributed by atoms with van der Waals surface area (Å²) in [7, 11) is -3.66. The molecule has 5 aliphatic rings. The molecule has 1 saturated heterocycles. The van der Waals surface area contributed by atoms with Crippen LogP contribution in [-0.4, -0.2) is 62.3 Å². The lowest BCUT2D eigenvalue weighted by Gasteiger charge is -2.59. The number of nitrogens with one attached hydrogen (secondary N) is 1. The molecular formula is C25H36ClN3O3S. The van der Waals surface area contributed by atoms with Crippen molar-refractivity contribution in [2.45, 2.75) is 63.3 Å². The van der Waals surface area contributed by atoms with Crippen molar-refractivity contribution in [3.05, 3.63) is 28.8 Å². The third-order valence-corrected chi connectivity index (χ3v) is 11.2. The summed E-state index contributed by atoms with van der Waals surface area (Å²) in [5, 5.41) is 3.52. The van der Waals surface area contributed by atoms with Crippen molar-refractivity contribution in [1.82, 2.24) is 14.5 Å². The van der Waals surface area contributed by atoms with Gasteiger partial charge in [0.25, 0.3) is 5.91 Å². The Morgan fingerprint density at radius 2 is 1.67 bits per heavy atom. The fourth-order valence-electron chi connectivity index (χ4n) is 7.41. The minimum atomic E-state index is -3.66. The third-order valence-electron chi connectivity index (χ3n) is 8.95. The van der Waals surface area contributed by atoms with Gasteiger partial charge in [-0.2, -0.15) is 4.31 Å². The van der Waals surface area contributed by atoms with Gasteiger partial charge in [0, 0.05) is 32.2 Å². The van der Waals surface area contributed by atoms with Gasteiger partial charge in [-0.1, -0.05) is 18.5 Å². The number of hydrogen-bond acceptors (Lipinski definition) is 4. The lowest BCUT2D eigenvalue weighted by atomic mass is 9.48. The van der Waals surface area contributed by atoms with E-state index in [4.69, 9.17) is 11.6 Å². The number of sulfonamides is 1. The van der Waals surface area contributed by atoms with Gasteiger partial charge in [0.15, 0.2) is 0 Å². The molecule has 182 valence electrons. The Hall–Kier alpha value is -1.15. The summed E-state index contributed by atoms with van der Waals surface area (Å²) in [5.41, 5.74) is 0.431. The largest absolute Gasteiger partial charge is 0.349 e. The lowest BCUT2D eigenvalue weighted by Crippen LogP contribution is -2.55. The van der Waals surface area contributed by atoms with E-state index in [-0.39, 0.29) is 27.8 Å². The van der Waals surface area contributed by atoms with Gasteiger partial charge < -0.3 is 10.2 Å². The van der Waals surface area contributed by atoms with Gasteiger partial charge in [-0.05, 0) is 93.4 Å². The second-order valence-electron chi connectivity index (χ2n) is 11.0. The number of halogens is 1. The van der Waals surface area contributed by atoms with Crippen LogP contribution in [0.4, 0.5) is 0 Å². The predicted molar refractivity (Wildman–Crippen MR) is 130 cm³/mol. The highest BCUT2D eigenvalue weighted by Gasteiger charge is 2.53. The molecular weight excluding hydrogens is 458 g/mol. The van der Waals surface area contributed by atoms with E-state index in [2.05, 4.69) is 24.1 Å². The van der Waals surface area contributed by atoms with E-state index in [9.17, 15) is 13.2 Å². The Balaban J connectivity index is 1.32. The summed E-state index contributed by atoms with van der Waals surface area (Å²) in [5.74, 6) is 2.15. The van der Waals surface area contributed by atoms with Crippen LogP contribution in [0, 0.1) is 23.2 Å². The topological polar surface area (TPSA) is 69.7 Å². The van der Waals surface area contributed by atoms with Crippen LogP contribution in [0.3, 0.4) is 0 Å². The second kappa shape index (κ2) is 8.81. The molecule has 1 aliphatic heterocycles. The molecule has 0 radical (unpaired) electrons. The van der Waals surface area contributed by atoms with Crippen LogP contribution in [0.2, 0.25) is 5.02 Å². The van der Waals surface area contributed by atoms with Crippen molar-refractivity contribution in [1.29, 1.82) is 0 Å². The Labute approximate surface area is 203 Å². The van der Waals surface area contributed by atoms with Crippen molar-refractivity contribution in [3.8, 4) is 0 Å². The van der Waals surface area contributed by atoms with E-state index >= 15 is 0 Å². The number of benzene rings is 1.